The minimum absolute atomic E-state index is 0.172. The molecule has 0 unspecified atom stereocenters. The molecule has 3 N–H and O–H groups in total. The number of nitrogens with two attached hydrogens (primary N) is 1. The number of carbonyl (C=O) groups is 1. The molecule has 102 valence electrons. The standard InChI is InChI=1S/C12H23N5O/c1-10(18)17-8-6-16(7-9-17)5-4-14-12(13)15-11-2-3-11/h11H,2-9H2,1H3,(H3,13,14,15). The van der Waals surface area contributed by atoms with Crippen molar-refractivity contribution in [2.45, 2.75) is 25.8 Å². The number of hydrogen-bond acceptors (Lipinski definition) is 3. The van der Waals surface area contributed by atoms with E-state index in [4.69, 9.17) is 5.73 Å². The molecule has 1 aliphatic heterocycles. The topological polar surface area (TPSA) is 74.0 Å². The Balaban J connectivity index is 1.61. The van der Waals surface area contributed by atoms with Crippen LogP contribution < -0.4 is 11.1 Å². The van der Waals surface area contributed by atoms with Crippen LogP contribution in [-0.2, 0) is 4.79 Å². The first-order valence-corrected chi connectivity index (χ1v) is 6.69. The van der Waals surface area contributed by atoms with Crippen LogP contribution in [0.2, 0.25) is 0 Å². The lowest BCUT2D eigenvalue weighted by Crippen LogP contribution is -2.48. The van der Waals surface area contributed by atoms with Crippen molar-refractivity contribution in [2.75, 3.05) is 39.3 Å². The lowest BCUT2D eigenvalue weighted by atomic mass is 10.3. The maximum atomic E-state index is 11.2. The van der Waals surface area contributed by atoms with Crippen LogP contribution in [0, 0.1) is 0 Å². The fraction of sp³-hybridized carbons (Fsp3) is 0.833. The summed E-state index contributed by atoms with van der Waals surface area (Å²) in [6.07, 6.45) is 2.42. The van der Waals surface area contributed by atoms with Crippen molar-refractivity contribution in [3.63, 3.8) is 0 Å². The van der Waals surface area contributed by atoms with E-state index >= 15 is 0 Å². The molecule has 1 saturated carbocycles. The summed E-state index contributed by atoms with van der Waals surface area (Å²) in [7, 11) is 0. The van der Waals surface area contributed by atoms with Gasteiger partial charge in [0.25, 0.3) is 0 Å². The Kier molecular flexibility index (Phi) is 4.41. The fourth-order valence-corrected chi connectivity index (χ4v) is 2.08. The average Bonchev–Trinajstić information content (AvgIpc) is 3.13. The molecule has 0 aromatic rings. The van der Waals surface area contributed by atoms with Crippen LogP contribution in [-0.4, -0.2) is 67.0 Å². The molecule has 0 atom stereocenters. The molecule has 6 nitrogen and oxygen atoms in total. The van der Waals surface area contributed by atoms with Crippen molar-refractivity contribution >= 4 is 11.9 Å². The van der Waals surface area contributed by atoms with E-state index in [1.165, 1.54) is 12.8 Å². The highest BCUT2D eigenvalue weighted by molar-refractivity contribution is 5.78. The number of nitrogens with one attached hydrogen (secondary N) is 1. The van der Waals surface area contributed by atoms with Crippen LogP contribution in [0.25, 0.3) is 0 Å². The molecule has 1 saturated heterocycles. The molecular weight excluding hydrogens is 230 g/mol. The predicted octanol–water partition coefficient (Wildman–Crippen LogP) is -0.783. The summed E-state index contributed by atoms with van der Waals surface area (Å²) in [6, 6.07) is 0.563. The lowest BCUT2D eigenvalue weighted by Gasteiger charge is -2.33. The molecule has 6 heteroatoms. The Labute approximate surface area is 108 Å². The molecule has 1 amide bonds. The molecule has 1 aliphatic carbocycles. The molecule has 0 radical (unpaired) electrons. The van der Waals surface area contributed by atoms with Crippen LogP contribution in [0.15, 0.2) is 4.99 Å². The molecule has 18 heavy (non-hydrogen) atoms. The minimum Gasteiger partial charge on any atom is -0.370 e. The number of guanidine groups is 1. The summed E-state index contributed by atoms with van der Waals surface area (Å²) >= 11 is 0. The number of piperazine rings is 1. The van der Waals surface area contributed by atoms with Crippen molar-refractivity contribution in [2.24, 2.45) is 10.7 Å². The third-order valence-corrected chi connectivity index (χ3v) is 3.45. The van der Waals surface area contributed by atoms with E-state index in [2.05, 4.69) is 15.2 Å². The quantitative estimate of drug-likeness (QED) is 0.509. The van der Waals surface area contributed by atoms with Gasteiger partial charge in [-0.3, -0.25) is 14.7 Å². The van der Waals surface area contributed by atoms with Crippen LogP contribution in [0.1, 0.15) is 19.8 Å². The van der Waals surface area contributed by atoms with Crippen molar-refractivity contribution in [1.29, 1.82) is 0 Å². The van der Waals surface area contributed by atoms with Gasteiger partial charge in [0.1, 0.15) is 0 Å². The zero-order valence-corrected chi connectivity index (χ0v) is 11.1. The van der Waals surface area contributed by atoms with Gasteiger partial charge in [0.2, 0.25) is 5.91 Å². The zero-order chi connectivity index (χ0) is 13.0. The van der Waals surface area contributed by atoms with Gasteiger partial charge in [0, 0.05) is 45.7 Å². The number of rotatable bonds is 4. The molecule has 2 rings (SSSR count). The second-order valence-corrected chi connectivity index (χ2v) is 5.03. The zero-order valence-electron chi connectivity index (χ0n) is 11.1. The number of aliphatic imine (C=N–C) groups is 1. The Morgan fingerprint density at radius 1 is 1.33 bits per heavy atom. The first-order chi connectivity index (χ1) is 8.65. The van der Waals surface area contributed by atoms with Gasteiger partial charge in [-0.25, -0.2) is 0 Å². The highest BCUT2D eigenvalue weighted by Gasteiger charge is 2.21. The van der Waals surface area contributed by atoms with Crippen molar-refractivity contribution in [3.05, 3.63) is 0 Å². The smallest absolute Gasteiger partial charge is 0.219 e. The van der Waals surface area contributed by atoms with E-state index in [9.17, 15) is 4.79 Å². The first kappa shape index (κ1) is 13.1. The van der Waals surface area contributed by atoms with Crippen LogP contribution in [0.5, 0.6) is 0 Å². The number of hydrogen-bond donors (Lipinski definition) is 2. The molecule has 2 fully saturated rings. The summed E-state index contributed by atoms with van der Waals surface area (Å²) in [5, 5.41) is 3.17. The summed E-state index contributed by atoms with van der Waals surface area (Å²) in [6.45, 7) is 6.80. The Morgan fingerprint density at radius 3 is 2.56 bits per heavy atom. The van der Waals surface area contributed by atoms with E-state index in [0.29, 0.717) is 12.0 Å². The minimum atomic E-state index is 0.172. The number of nitrogens with zero attached hydrogens (tertiary/aromatic N) is 3. The van der Waals surface area contributed by atoms with Crippen molar-refractivity contribution in [1.82, 2.24) is 15.1 Å². The highest BCUT2D eigenvalue weighted by Crippen LogP contribution is 2.17. The maximum Gasteiger partial charge on any atom is 0.219 e. The monoisotopic (exact) mass is 253 g/mol. The van der Waals surface area contributed by atoms with Crippen LogP contribution >= 0.6 is 0 Å². The lowest BCUT2D eigenvalue weighted by molar-refractivity contribution is -0.130. The van der Waals surface area contributed by atoms with Crippen LogP contribution in [0.4, 0.5) is 0 Å². The summed E-state index contributed by atoms with van der Waals surface area (Å²) in [5.41, 5.74) is 5.76. The van der Waals surface area contributed by atoms with E-state index in [1.807, 2.05) is 4.90 Å². The van der Waals surface area contributed by atoms with Crippen LogP contribution in [0.3, 0.4) is 0 Å². The van der Waals surface area contributed by atoms with Crippen molar-refractivity contribution in [3.8, 4) is 0 Å². The number of carbonyl (C=O) groups excluding carboxylic acids is 1. The van der Waals surface area contributed by atoms with Gasteiger partial charge in [-0.05, 0) is 12.8 Å². The van der Waals surface area contributed by atoms with Gasteiger partial charge in [-0.15, -0.1) is 0 Å². The summed E-state index contributed by atoms with van der Waals surface area (Å²) in [5.74, 6) is 0.741. The Bertz CT molecular complexity index is 318. The molecule has 1 heterocycles. The summed E-state index contributed by atoms with van der Waals surface area (Å²) < 4.78 is 0. The van der Waals surface area contributed by atoms with Gasteiger partial charge in [-0.1, -0.05) is 0 Å². The molecule has 0 aromatic carbocycles. The molecule has 0 aromatic heterocycles. The SMILES string of the molecule is CC(=O)N1CCN(CCN=C(N)NC2CC2)CC1. The molecular formula is C12H23N5O. The van der Waals surface area contributed by atoms with E-state index in [0.717, 1.165) is 39.3 Å². The second kappa shape index (κ2) is 6.04. The molecule has 0 spiro atoms. The average molecular weight is 253 g/mol. The van der Waals surface area contributed by atoms with Gasteiger partial charge in [-0.2, -0.15) is 0 Å². The van der Waals surface area contributed by atoms with Gasteiger partial charge >= 0.3 is 0 Å². The Hall–Kier alpha value is -1.30. The highest BCUT2D eigenvalue weighted by atomic mass is 16.2. The van der Waals surface area contributed by atoms with E-state index in [-0.39, 0.29) is 5.91 Å². The maximum absolute atomic E-state index is 11.2. The van der Waals surface area contributed by atoms with Crippen molar-refractivity contribution < 1.29 is 4.79 Å². The third kappa shape index (κ3) is 4.18. The molecule has 2 aliphatic rings. The summed E-state index contributed by atoms with van der Waals surface area (Å²) in [4.78, 5) is 19.7. The van der Waals surface area contributed by atoms with Gasteiger partial charge in [0.15, 0.2) is 5.96 Å². The third-order valence-electron chi connectivity index (χ3n) is 3.45. The largest absolute Gasteiger partial charge is 0.370 e. The molecule has 0 bridgehead atoms. The predicted molar refractivity (Wildman–Crippen MR) is 71.3 cm³/mol. The number of amides is 1. The first-order valence-electron chi connectivity index (χ1n) is 6.69. The van der Waals surface area contributed by atoms with E-state index < -0.39 is 0 Å². The second-order valence-electron chi connectivity index (χ2n) is 5.03. The normalized spacial score (nSPS) is 22.1. The van der Waals surface area contributed by atoms with Gasteiger partial charge < -0.3 is 16.0 Å². The van der Waals surface area contributed by atoms with Gasteiger partial charge in [0.05, 0.1) is 6.54 Å². The van der Waals surface area contributed by atoms with E-state index in [1.54, 1.807) is 6.92 Å². The fourth-order valence-electron chi connectivity index (χ4n) is 2.08. The Morgan fingerprint density at radius 2 is 2.00 bits per heavy atom.